The van der Waals surface area contributed by atoms with Crippen molar-refractivity contribution in [2.45, 2.75) is 26.8 Å². The second-order valence-corrected chi connectivity index (χ2v) is 9.22. The number of aryl methyl sites for hydroxylation is 2. The Morgan fingerprint density at radius 1 is 0.909 bits per heavy atom. The lowest BCUT2D eigenvalue weighted by Crippen LogP contribution is -2.09. The second-order valence-electron chi connectivity index (χ2n) is 8.31. The van der Waals surface area contributed by atoms with Crippen molar-refractivity contribution in [1.82, 2.24) is 15.0 Å². The minimum absolute atomic E-state index is 0.0581. The van der Waals surface area contributed by atoms with Crippen LogP contribution in [0.2, 0.25) is 0 Å². The molecule has 0 saturated carbocycles. The van der Waals surface area contributed by atoms with Crippen LogP contribution in [0, 0.1) is 13.8 Å². The zero-order valence-corrected chi connectivity index (χ0v) is 19.6. The summed E-state index contributed by atoms with van der Waals surface area (Å²) in [6.45, 7) is 6.21. The maximum Gasteiger partial charge on any atom is 0.130 e. The Balaban J connectivity index is 1.43. The Labute approximate surface area is 197 Å². The predicted octanol–water partition coefficient (Wildman–Crippen LogP) is 6.79. The number of thiophene rings is 1. The molecule has 6 heteroatoms. The summed E-state index contributed by atoms with van der Waals surface area (Å²) < 4.78 is 1.30. The fourth-order valence-corrected chi connectivity index (χ4v) is 4.94. The van der Waals surface area contributed by atoms with E-state index >= 15 is 0 Å². The minimum Gasteiger partial charge on any atom is -0.397 e. The van der Waals surface area contributed by atoms with Crippen LogP contribution in [0.3, 0.4) is 0 Å². The third-order valence-electron chi connectivity index (χ3n) is 5.74. The molecule has 0 fully saturated rings. The molecule has 1 atom stereocenters. The quantitative estimate of drug-likeness (QED) is 0.307. The summed E-state index contributed by atoms with van der Waals surface area (Å²) in [5.74, 6) is 1.55. The van der Waals surface area contributed by atoms with Crippen molar-refractivity contribution in [2.24, 2.45) is 0 Å². The van der Waals surface area contributed by atoms with Gasteiger partial charge < -0.3 is 11.1 Å². The first-order chi connectivity index (χ1) is 16.0. The molecule has 0 amide bonds. The molecular weight excluding hydrogens is 426 g/mol. The van der Waals surface area contributed by atoms with E-state index in [1.54, 1.807) is 17.5 Å². The van der Waals surface area contributed by atoms with Gasteiger partial charge in [-0.15, -0.1) is 11.3 Å². The van der Waals surface area contributed by atoms with E-state index in [9.17, 15) is 0 Å². The van der Waals surface area contributed by atoms with Crippen LogP contribution in [0.4, 0.5) is 11.5 Å². The summed E-state index contributed by atoms with van der Waals surface area (Å²) in [5, 5.41) is 7.03. The van der Waals surface area contributed by atoms with Crippen LogP contribution in [-0.4, -0.2) is 15.0 Å². The fraction of sp³-hybridized carbons (Fsp3) is 0.148. The highest BCUT2D eigenvalue weighted by Crippen LogP contribution is 2.31. The van der Waals surface area contributed by atoms with E-state index in [2.05, 4.69) is 77.0 Å². The molecule has 0 aliphatic rings. The molecular formula is C27H25N5S. The normalized spacial score (nSPS) is 12.1. The summed E-state index contributed by atoms with van der Waals surface area (Å²) >= 11 is 1.77. The molecule has 0 saturated heterocycles. The van der Waals surface area contributed by atoms with Gasteiger partial charge in [-0.05, 0) is 72.5 Å². The van der Waals surface area contributed by atoms with Crippen molar-refractivity contribution in [1.29, 1.82) is 0 Å². The average Bonchev–Trinajstić information content (AvgIpc) is 3.19. The third kappa shape index (κ3) is 4.43. The molecule has 5 rings (SSSR count). The van der Waals surface area contributed by atoms with E-state index in [4.69, 9.17) is 10.7 Å². The maximum atomic E-state index is 5.92. The van der Waals surface area contributed by atoms with Crippen LogP contribution in [0.25, 0.3) is 32.5 Å². The number of hydrogen-bond acceptors (Lipinski definition) is 6. The monoisotopic (exact) mass is 451 g/mol. The Kier molecular flexibility index (Phi) is 5.52. The smallest absolute Gasteiger partial charge is 0.130 e. The number of aromatic nitrogens is 3. The highest BCUT2D eigenvalue weighted by atomic mass is 32.1. The number of pyridine rings is 1. The first-order valence-corrected chi connectivity index (χ1v) is 11.8. The van der Waals surface area contributed by atoms with E-state index in [1.807, 2.05) is 25.3 Å². The number of benzene rings is 2. The van der Waals surface area contributed by atoms with Crippen molar-refractivity contribution in [3.05, 3.63) is 89.3 Å². The first-order valence-electron chi connectivity index (χ1n) is 10.9. The Bertz CT molecular complexity index is 1460. The number of hydrogen-bond donors (Lipinski definition) is 2. The Hall–Kier alpha value is -3.77. The standard InChI is InChI=1S/C27H25N5S/c1-16-15-33-26-8-7-21(11-24(16)26)25-12-27(32-18(3)31-25)30-17(2)19-5-4-6-20(9-19)22-10-23(28)14-29-13-22/h4-15,17H,28H2,1-3H3,(H,30,31,32). The van der Waals surface area contributed by atoms with Gasteiger partial charge in [0.1, 0.15) is 11.6 Å². The molecule has 33 heavy (non-hydrogen) atoms. The van der Waals surface area contributed by atoms with Gasteiger partial charge in [-0.25, -0.2) is 9.97 Å². The molecule has 2 aromatic carbocycles. The topological polar surface area (TPSA) is 76.7 Å². The third-order valence-corrected chi connectivity index (χ3v) is 6.83. The zero-order valence-electron chi connectivity index (χ0n) is 18.8. The van der Waals surface area contributed by atoms with Gasteiger partial charge in [0.15, 0.2) is 0 Å². The lowest BCUT2D eigenvalue weighted by Gasteiger charge is -2.17. The fourth-order valence-electron chi connectivity index (χ4n) is 4.01. The van der Waals surface area contributed by atoms with Crippen LogP contribution in [0.1, 0.15) is 29.9 Å². The van der Waals surface area contributed by atoms with Crippen LogP contribution in [0.15, 0.2) is 72.4 Å². The summed E-state index contributed by atoms with van der Waals surface area (Å²) in [5.41, 5.74) is 13.1. The molecule has 1 unspecified atom stereocenters. The van der Waals surface area contributed by atoms with Crippen LogP contribution in [0.5, 0.6) is 0 Å². The lowest BCUT2D eigenvalue weighted by atomic mass is 10.0. The van der Waals surface area contributed by atoms with E-state index in [1.165, 1.54) is 15.6 Å². The van der Waals surface area contributed by atoms with Gasteiger partial charge in [0.05, 0.1) is 11.4 Å². The lowest BCUT2D eigenvalue weighted by molar-refractivity contribution is 0.868. The van der Waals surface area contributed by atoms with Gasteiger partial charge in [-0.1, -0.05) is 24.3 Å². The molecule has 3 aromatic heterocycles. The van der Waals surface area contributed by atoms with Crippen molar-refractivity contribution >= 4 is 32.9 Å². The van der Waals surface area contributed by atoms with Gasteiger partial charge in [-0.3, -0.25) is 4.98 Å². The number of nitrogens with two attached hydrogens (primary N) is 1. The number of nitrogens with zero attached hydrogens (tertiary/aromatic N) is 3. The molecule has 0 radical (unpaired) electrons. The minimum atomic E-state index is 0.0581. The van der Waals surface area contributed by atoms with Gasteiger partial charge in [0, 0.05) is 40.3 Å². The van der Waals surface area contributed by atoms with Crippen molar-refractivity contribution in [3.8, 4) is 22.4 Å². The largest absolute Gasteiger partial charge is 0.397 e. The van der Waals surface area contributed by atoms with Crippen LogP contribution in [-0.2, 0) is 0 Å². The highest BCUT2D eigenvalue weighted by molar-refractivity contribution is 7.17. The molecule has 3 heterocycles. The molecule has 0 aliphatic heterocycles. The zero-order chi connectivity index (χ0) is 22.9. The van der Waals surface area contributed by atoms with Gasteiger partial charge in [0.25, 0.3) is 0 Å². The van der Waals surface area contributed by atoms with Crippen molar-refractivity contribution < 1.29 is 0 Å². The maximum absolute atomic E-state index is 5.92. The molecule has 0 bridgehead atoms. The Morgan fingerprint density at radius 2 is 1.79 bits per heavy atom. The highest BCUT2D eigenvalue weighted by Gasteiger charge is 2.12. The van der Waals surface area contributed by atoms with E-state index in [0.29, 0.717) is 5.69 Å². The molecule has 0 aliphatic carbocycles. The van der Waals surface area contributed by atoms with E-state index < -0.39 is 0 Å². The molecule has 0 spiro atoms. The van der Waals surface area contributed by atoms with Crippen molar-refractivity contribution in [2.75, 3.05) is 11.1 Å². The average molecular weight is 452 g/mol. The van der Waals surface area contributed by atoms with E-state index in [-0.39, 0.29) is 6.04 Å². The van der Waals surface area contributed by atoms with Crippen LogP contribution >= 0.6 is 11.3 Å². The van der Waals surface area contributed by atoms with Gasteiger partial charge in [0.2, 0.25) is 0 Å². The molecule has 5 nitrogen and oxygen atoms in total. The Morgan fingerprint density at radius 3 is 2.64 bits per heavy atom. The number of rotatable bonds is 5. The van der Waals surface area contributed by atoms with Gasteiger partial charge >= 0.3 is 0 Å². The van der Waals surface area contributed by atoms with Crippen molar-refractivity contribution in [3.63, 3.8) is 0 Å². The van der Waals surface area contributed by atoms with E-state index in [0.717, 1.165) is 39.6 Å². The predicted molar refractivity (Wildman–Crippen MR) is 138 cm³/mol. The summed E-state index contributed by atoms with van der Waals surface area (Å²) in [7, 11) is 0. The van der Waals surface area contributed by atoms with Gasteiger partial charge in [-0.2, -0.15) is 0 Å². The molecule has 164 valence electrons. The SMILES string of the molecule is Cc1nc(NC(C)c2cccc(-c3cncc(N)c3)c2)cc(-c2ccc3scc(C)c3c2)n1. The summed E-state index contributed by atoms with van der Waals surface area (Å²) in [6.07, 6.45) is 3.49. The number of fused-ring (bicyclic) bond motifs is 1. The second kappa shape index (κ2) is 8.64. The summed E-state index contributed by atoms with van der Waals surface area (Å²) in [4.78, 5) is 13.6. The first kappa shape index (κ1) is 21.1. The molecule has 3 N–H and O–H groups in total. The summed E-state index contributed by atoms with van der Waals surface area (Å²) in [6, 6.07) is 19.0. The number of anilines is 2. The number of nitrogen functional groups attached to an aromatic ring is 1. The van der Waals surface area contributed by atoms with Crippen LogP contribution < -0.4 is 11.1 Å². The number of nitrogens with one attached hydrogen (secondary N) is 1. The molecule has 5 aromatic rings.